The SMILES string of the molecule is N#Cc1ccc(-c2ccc(OCC(=O)N3CCc4cc([N+](=O)[O-])ccc43)cc2)cc1. The first-order valence-electron chi connectivity index (χ1n) is 9.36. The summed E-state index contributed by atoms with van der Waals surface area (Å²) in [6.45, 7) is 0.364. The summed E-state index contributed by atoms with van der Waals surface area (Å²) in [5.41, 5.74) is 4.10. The molecule has 1 aliphatic rings. The maximum atomic E-state index is 12.6. The minimum absolute atomic E-state index is 0.0293. The molecule has 0 aromatic heterocycles. The predicted octanol–water partition coefficient (Wildman–Crippen LogP) is 4.10. The Labute approximate surface area is 172 Å². The van der Waals surface area contributed by atoms with Gasteiger partial charge in [0.1, 0.15) is 5.75 Å². The second-order valence-corrected chi connectivity index (χ2v) is 6.87. The van der Waals surface area contributed by atoms with Crippen LogP contribution in [0.3, 0.4) is 0 Å². The summed E-state index contributed by atoms with van der Waals surface area (Å²) in [4.78, 5) is 24.7. The number of hydrogen-bond donors (Lipinski definition) is 0. The number of fused-ring (bicyclic) bond motifs is 1. The van der Waals surface area contributed by atoms with Crippen LogP contribution in [0.25, 0.3) is 11.1 Å². The molecule has 0 saturated heterocycles. The first kappa shape index (κ1) is 19.2. The normalized spacial score (nSPS) is 12.2. The number of rotatable bonds is 5. The molecule has 0 fully saturated rings. The van der Waals surface area contributed by atoms with Crippen molar-refractivity contribution in [3.05, 3.63) is 88.0 Å². The standard InChI is InChI=1S/C23H17N3O4/c24-14-16-1-3-17(4-2-16)18-5-8-21(9-6-18)30-15-23(27)25-12-11-19-13-20(26(28)29)7-10-22(19)25/h1-10,13H,11-12,15H2. The van der Waals surface area contributed by atoms with Gasteiger partial charge < -0.3 is 9.64 Å². The number of carbonyl (C=O) groups is 1. The van der Waals surface area contributed by atoms with Crippen molar-refractivity contribution in [2.75, 3.05) is 18.1 Å². The van der Waals surface area contributed by atoms with Crippen LogP contribution in [-0.4, -0.2) is 24.0 Å². The lowest BCUT2D eigenvalue weighted by Crippen LogP contribution is -2.33. The van der Waals surface area contributed by atoms with Crippen LogP contribution in [0.15, 0.2) is 66.7 Å². The molecular formula is C23H17N3O4. The zero-order valence-electron chi connectivity index (χ0n) is 15.9. The first-order chi connectivity index (χ1) is 14.5. The predicted molar refractivity (Wildman–Crippen MR) is 111 cm³/mol. The van der Waals surface area contributed by atoms with E-state index >= 15 is 0 Å². The fourth-order valence-electron chi connectivity index (χ4n) is 3.46. The number of ether oxygens (including phenoxy) is 1. The molecule has 0 unspecified atom stereocenters. The zero-order chi connectivity index (χ0) is 21.1. The zero-order valence-corrected chi connectivity index (χ0v) is 15.9. The molecule has 0 bridgehead atoms. The van der Waals surface area contributed by atoms with Crippen LogP contribution < -0.4 is 9.64 Å². The lowest BCUT2D eigenvalue weighted by atomic mass is 10.0. The average molecular weight is 399 g/mol. The number of non-ortho nitro benzene ring substituents is 1. The van der Waals surface area contributed by atoms with E-state index in [4.69, 9.17) is 10.00 Å². The number of nitro benzene ring substituents is 1. The highest BCUT2D eigenvalue weighted by Gasteiger charge is 2.26. The number of hydrogen-bond acceptors (Lipinski definition) is 5. The van der Waals surface area contributed by atoms with Crippen molar-refractivity contribution < 1.29 is 14.5 Å². The summed E-state index contributed by atoms with van der Waals surface area (Å²) in [5, 5.41) is 19.8. The van der Waals surface area contributed by atoms with E-state index in [0.29, 0.717) is 30.0 Å². The van der Waals surface area contributed by atoms with Crippen molar-refractivity contribution in [1.82, 2.24) is 0 Å². The summed E-state index contributed by atoms with van der Waals surface area (Å²) < 4.78 is 5.64. The Morgan fingerprint density at radius 1 is 1.07 bits per heavy atom. The Kier molecular flexibility index (Phi) is 5.14. The van der Waals surface area contributed by atoms with Gasteiger partial charge in [-0.05, 0) is 53.4 Å². The Morgan fingerprint density at radius 2 is 1.73 bits per heavy atom. The summed E-state index contributed by atoms with van der Waals surface area (Å²) in [6, 6.07) is 21.3. The molecule has 3 aromatic rings. The highest BCUT2D eigenvalue weighted by atomic mass is 16.6. The second-order valence-electron chi connectivity index (χ2n) is 6.87. The molecule has 7 heteroatoms. The van der Waals surface area contributed by atoms with E-state index in [9.17, 15) is 14.9 Å². The molecule has 0 aliphatic carbocycles. The van der Waals surface area contributed by atoms with Crippen molar-refractivity contribution in [3.63, 3.8) is 0 Å². The smallest absolute Gasteiger partial charge is 0.269 e. The van der Waals surface area contributed by atoms with Gasteiger partial charge in [0.2, 0.25) is 0 Å². The van der Waals surface area contributed by atoms with Gasteiger partial charge in [-0.25, -0.2) is 0 Å². The molecule has 148 valence electrons. The maximum Gasteiger partial charge on any atom is 0.269 e. The topological polar surface area (TPSA) is 96.5 Å². The molecule has 0 N–H and O–H groups in total. The number of nitrogens with zero attached hydrogens (tertiary/aromatic N) is 3. The molecule has 1 heterocycles. The van der Waals surface area contributed by atoms with Gasteiger partial charge in [0.15, 0.2) is 6.61 Å². The van der Waals surface area contributed by atoms with Gasteiger partial charge >= 0.3 is 0 Å². The highest BCUT2D eigenvalue weighted by Crippen LogP contribution is 2.31. The van der Waals surface area contributed by atoms with Crippen LogP contribution in [-0.2, 0) is 11.2 Å². The Bertz CT molecular complexity index is 1150. The molecule has 0 saturated carbocycles. The summed E-state index contributed by atoms with van der Waals surface area (Å²) in [7, 11) is 0. The fourth-order valence-corrected chi connectivity index (χ4v) is 3.46. The van der Waals surface area contributed by atoms with E-state index in [0.717, 1.165) is 16.7 Å². The second kappa shape index (κ2) is 8.05. The van der Waals surface area contributed by atoms with Crippen LogP contribution in [0, 0.1) is 21.4 Å². The number of nitro groups is 1. The van der Waals surface area contributed by atoms with Crippen molar-refractivity contribution in [2.45, 2.75) is 6.42 Å². The lowest BCUT2D eigenvalue weighted by molar-refractivity contribution is -0.384. The van der Waals surface area contributed by atoms with Crippen molar-refractivity contribution >= 4 is 17.3 Å². The highest BCUT2D eigenvalue weighted by molar-refractivity contribution is 5.96. The molecular weight excluding hydrogens is 382 g/mol. The lowest BCUT2D eigenvalue weighted by Gasteiger charge is -2.17. The van der Waals surface area contributed by atoms with E-state index in [1.165, 1.54) is 12.1 Å². The molecule has 1 aliphatic heterocycles. The van der Waals surface area contributed by atoms with E-state index in [1.807, 2.05) is 24.3 Å². The maximum absolute atomic E-state index is 12.6. The van der Waals surface area contributed by atoms with Crippen LogP contribution in [0.2, 0.25) is 0 Å². The third-order valence-electron chi connectivity index (χ3n) is 5.03. The Hall–Kier alpha value is -4.18. The van der Waals surface area contributed by atoms with Crippen LogP contribution >= 0.6 is 0 Å². The summed E-state index contributed by atoms with van der Waals surface area (Å²) >= 11 is 0. The van der Waals surface area contributed by atoms with Crippen LogP contribution in [0.1, 0.15) is 11.1 Å². The van der Waals surface area contributed by atoms with E-state index < -0.39 is 4.92 Å². The molecule has 0 radical (unpaired) electrons. The molecule has 7 nitrogen and oxygen atoms in total. The fraction of sp³-hybridized carbons (Fsp3) is 0.130. The molecule has 4 rings (SSSR count). The first-order valence-corrected chi connectivity index (χ1v) is 9.36. The number of benzene rings is 3. The molecule has 3 aromatic carbocycles. The van der Waals surface area contributed by atoms with Gasteiger partial charge in [-0.1, -0.05) is 24.3 Å². The number of anilines is 1. The van der Waals surface area contributed by atoms with Crippen LogP contribution in [0.4, 0.5) is 11.4 Å². The van der Waals surface area contributed by atoms with Gasteiger partial charge in [-0.2, -0.15) is 5.26 Å². The van der Waals surface area contributed by atoms with Gasteiger partial charge in [-0.15, -0.1) is 0 Å². The number of carbonyl (C=O) groups excluding carboxylic acids is 1. The van der Waals surface area contributed by atoms with E-state index in [-0.39, 0.29) is 18.2 Å². The molecule has 0 atom stereocenters. The van der Waals surface area contributed by atoms with Gasteiger partial charge in [0.25, 0.3) is 11.6 Å². The molecule has 0 spiro atoms. The summed E-state index contributed by atoms with van der Waals surface area (Å²) in [5.74, 6) is 0.377. The third kappa shape index (κ3) is 3.84. The monoisotopic (exact) mass is 399 g/mol. The van der Waals surface area contributed by atoms with Crippen molar-refractivity contribution in [2.24, 2.45) is 0 Å². The Morgan fingerprint density at radius 3 is 2.37 bits per heavy atom. The van der Waals surface area contributed by atoms with E-state index in [1.54, 1.807) is 35.2 Å². The largest absolute Gasteiger partial charge is 0.484 e. The minimum Gasteiger partial charge on any atom is -0.484 e. The van der Waals surface area contributed by atoms with E-state index in [2.05, 4.69) is 6.07 Å². The Balaban J connectivity index is 1.39. The number of nitriles is 1. The number of amides is 1. The van der Waals surface area contributed by atoms with Gasteiger partial charge in [-0.3, -0.25) is 14.9 Å². The van der Waals surface area contributed by atoms with Crippen molar-refractivity contribution in [1.29, 1.82) is 5.26 Å². The average Bonchev–Trinajstić information content (AvgIpc) is 3.21. The van der Waals surface area contributed by atoms with Crippen LogP contribution in [0.5, 0.6) is 5.75 Å². The van der Waals surface area contributed by atoms with Gasteiger partial charge in [0, 0.05) is 24.4 Å². The third-order valence-corrected chi connectivity index (χ3v) is 5.03. The summed E-state index contributed by atoms with van der Waals surface area (Å²) in [6.07, 6.45) is 0.585. The minimum atomic E-state index is -0.435. The van der Waals surface area contributed by atoms with Crippen molar-refractivity contribution in [3.8, 4) is 22.9 Å². The van der Waals surface area contributed by atoms with Gasteiger partial charge in [0.05, 0.1) is 16.6 Å². The molecule has 1 amide bonds. The molecule has 30 heavy (non-hydrogen) atoms. The quantitative estimate of drug-likeness (QED) is 0.475.